The van der Waals surface area contributed by atoms with E-state index in [0.29, 0.717) is 22.0 Å². The largest absolute Gasteiger partial charge is 0.508 e. The van der Waals surface area contributed by atoms with Gasteiger partial charge in [-0.2, -0.15) is 0 Å². The van der Waals surface area contributed by atoms with Crippen molar-refractivity contribution in [2.24, 2.45) is 0 Å². The second-order valence-electron chi connectivity index (χ2n) is 4.76. The van der Waals surface area contributed by atoms with Gasteiger partial charge in [0.25, 0.3) is 0 Å². The van der Waals surface area contributed by atoms with Crippen molar-refractivity contribution in [2.45, 2.75) is 13.0 Å². The number of phenols is 1. The first-order valence-electron chi connectivity index (χ1n) is 7.10. The minimum atomic E-state index is -0.869. The molecule has 0 aliphatic rings. The Balaban J connectivity index is 2.37. The van der Waals surface area contributed by atoms with E-state index in [0.717, 1.165) is 0 Å². The first-order chi connectivity index (χ1) is 11.0. The van der Waals surface area contributed by atoms with Crippen LogP contribution in [0.15, 0.2) is 42.5 Å². The van der Waals surface area contributed by atoms with Gasteiger partial charge in [0.15, 0.2) is 6.04 Å². The number of ether oxygens (including phenoxy) is 2. The van der Waals surface area contributed by atoms with Crippen molar-refractivity contribution < 1.29 is 19.4 Å². The first-order valence-corrected chi connectivity index (χ1v) is 7.48. The molecule has 0 saturated carbocycles. The number of hydrogen-bond acceptors (Lipinski definition) is 5. The topological polar surface area (TPSA) is 67.8 Å². The standard InChI is InChI=1S/C17H18ClNO4/c1-3-23-17(21)16(19-12-6-4-11(18)5-7-12)14-10-13(22-2)8-9-15(14)20/h4-10,16,19-20H,3H2,1-2H3. The SMILES string of the molecule is CCOC(=O)C(Nc1ccc(Cl)cc1)c1cc(OC)ccc1O. The molecule has 6 heteroatoms. The van der Waals surface area contributed by atoms with Crippen LogP contribution in [-0.4, -0.2) is 24.8 Å². The zero-order valence-corrected chi connectivity index (χ0v) is 13.6. The van der Waals surface area contributed by atoms with Crippen LogP contribution in [0.1, 0.15) is 18.5 Å². The van der Waals surface area contributed by atoms with Crippen LogP contribution in [0, 0.1) is 0 Å². The van der Waals surface area contributed by atoms with Gasteiger partial charge in [-0.1, -0.05) is 11.6 Å². The predicted molar refractivity (Wildman–Crippen MR) is 89.1 cm³/mol. The van der Waals surface area contributed by atoms with Crippen molar-refractivity contribution in [2.75, 3.05) is 19.0 Å². The molecule has 0 radical (unpaired) electrons. The Morgan fingerprint density at radius 2 is 1.96 bits per heavy atom. The van der Waals surface area contributed by atoms with Gasteiger partial charge in [-0.15, -0.1) is 0 Å². The van der Waals surface area contributed by atoms with Crippen LogP contribution in [0.5, 0.6) is 11.5 Å². The molecule has 5 nitrogen and oxygen atoms in total. The summed E-state index contributed by atoms with van der Waals surface area (Å²) >= 11 is 5.87. The number of benzene rings is 2. The number of anilines is 1. The minimum absolute atomic E-state index is 0.0229. The molecule has 2 N–H and O–H groups in total. The number of carbonyl (C=O) groups is 1. The molecule has 2 aromatic carbocycles. The summed E-state index contributed by atoms with van der Waals surface area (Å²) in [7, 11) is 1.52. The van der Waals surface area contributed by atoms with Crippen LogP contribution in [0.25, 0.3) is 0 Å². The Kier molecular flexibility index (Phi) is 5.71. The number of phenolic OH excluding ortho intramolecular Hbond substituents is 1. The van der Waals surface area contributed by atoms with E-state index in [9.17, 15) is 9.90 Å². The summed E-state index contributed by atoms with van der Waals surface area (Å²) in [4.78, 5) is 12.3. The summed E-state index contributed by atoms with van der Waals surface area (Å²) in [5, 5.41) is 13.8. The second-order valence-corrected chi connectivity index (χ2v) is 5.20. The normalized spacial score (nSPS) is 11.6. The van der Waals surface area contributed by atoms with E-state index in [2.05, 4.69) is 5.32 Å². The van der Waals surface area contributed by atoms with Crippen molar-refractivity contribution in [1.29, 1.82) is 0 Å². The summed E-state index contributed by atoms with van der Waals surface area (Å²) in [6.45, 7) is 1.96. The van der Waals surface area contributed by atoms with Gasteiger partial charge in [0.1, 0.15) is 11.5 Å². The maximum absolute atomic E-state index is 12.3. The highest BCUT2D eigenvalue weighted by molar-refractivity contribution is 6.30. The molecule has 23 heavy (non-hydrogen) atoms. The average molecular weight is 336 g/mol. The number of methoxy groups -OCH3 is 1. The van der Waals surface area contributed by atoms with Crippen LogP contribution < -0.4 is 10.1 Å². The lowest BCUT2D eigenvalue weighted by molar-refractivity contribution is -0.144. The van der Waals surface area contributed by atoms with Crippen molar-refractivity contribution >= 4 is 23.3 Å². The summed E-state index contributed by atoms with van der Waals surface area (Å²) in [6, 6.07) is 10.7. The van der Waals surface area contributed by atoms with E-state index in [4.69, 9.17) is 21.1 Å². The molecular formula is C17H18ClNO4. The van der Waals surface area contributed by atoms with Crippen molar-refractivity contribution in [3.05, 3.63) is 53.1 Å². The number of rotatable bonds is 6. The highest BCUT2D eigenvalue weighted by Crippen LogP contribution is 2.32. The Bertz CT molecular complexity index is 673. The molecule has 0 saturated heterocycles. The van der Waals surface area contributed by atoms with E-state index in [1.807, 2.05) is 0 Å². The molecule has 0 heterocycles. The van der Waals surface area contributed by atoms with Gasteiger partial charge >= 0.3 is 5.97 Å². The summed E-state index contributed by atoms with van der Waals surface area (Å²) in [5.41, 5.74) is 1.05. The van der Waals surface area contributed by atoms with Crippen molar-refractivity contribution in [3.8, 4) is 11.5 Å². The fourth-order valence-electron chi connectivity index (χ4n) is 2.09. The van der Waals surface area contributed by atoms with Crippen LogP contribution in [0.2, 0.25) is 5.02 Å². The van der Waals surface area contributed by atoms with E-state index in [1.54, 1.807) is 43.3 Å². The van der Waals surface area contributed by atoms with Crippen molar-refractivity contribution in [3.63, 3.8) is 0 Å². The van der Waals surface area contributed by atoms with Crippen LogP contribution in [0.4, 0.5) is 5.69 Å². The number of aromatic hydroxyl groups is 1. The van der Waals surface area contributed by atoms with Gasteiger partial charge in [-0.3, -0.25) is 0 Å². The number of hydrogen-bond donors (Lipinski definition) is 2. The minimum Gasteiger partial charge on any atom is -0.508 e. The van der Waals surface area contributed by atoms with Gasteiger partial charge in [0, 0.05) is 16.3 Å². The first kappa shape index (κ1) is 17.0. The highest BCUT2D eigenvalue weighted by Gasteiger charge is 2.25. The molecule has 1 atom stereocenters. The maximum atomic E-state index is 12.3. The molecule has 1 unspecified atom stereocenters. The summed E-state index contributed by atoms with van der Waals surface area (Å²) < 4.78 is 10.3. The molecule has 0 aliphatic heterocycles. The molecule has 0 fully saturated rings. The van der Waals surface area contributed by atoms with Crippen LogP contribution in [-0.2, 0) is 9.53 Å². The fraction of sp³-hybridized carbons (Fsp3) is 0.235. The molecule has 2 rings (SSSR count). The van der Waals surface area contributed by atoms with Crippen LogP contribution in [0.3, 0.4) is 0 Å². The van der Waals surface area contributed by atoms with E-state index in [1.165, 1.54) is 13.2 Å². The molecule has 2 aromatic rings. The zero-order chi connectivity index (χ0) is 16.8. The van der Waals surface area contributed by atoms with E-state index < -0.39 is 12.0 Å². The quantitative estimate of drug-likeness (QED) is 0.786. The Hall–Kier alpha value is -2.40. The van der Waals surface area contributed by atoms with E-state index >= 15 is 0 Å². The fourth-order valence-corrected chi connectivity index (χ4v) is 2.22. The lowest BCUT2D eigenvalue weighted by atomic mass is 10.0. The Morgan fingerprint density at radius 1 is 1.26 bits per heavy atom. The number of nitrogens with one attached hydrogen (secondary N) is 1. The van der Waals surface area contributed by atoms with Crippen LogP contribution >= 0.6 is 11.6 Å². The van der Waals surface area contributed by atoms with Crippen molar-refractivity contribution in [1.82, 2.24) is 0 Å². The Labute approximate surface area is 139 Å². The summed E-state index contributed by atoms with van der Waals surface area (Å²) in [6.07, 6.45) is 0. The second kappa shape index (κ2) is 7.74. The molecular weight excluding hydrogens is 318 g/mol. The molecule has 0 aliphatic carbocycles. The summed E-state index contributed by atoms with van der Waals surface area (Å²) in [5.74, 6) is 0.0151. The monoisotopic (exact) mass is 335 g/mol. The number of halogens is 1. The lowest BCUT2D eigenvalue weighted by Crippen LogP contribution is -2.23. The smallest absolute Gasteiger partial charge is 0.333 e. The number of carbonyl (C=O) groups excluding carboxylic acids is 1. The molecule has 122 valence electrons. The molecule has 0 aromatic heterocycles. The van der Waals surface area contributed by atoms with Gasteiger partial charge in [0.2, 0.25) is 0 Å². The lowest BCUT2D eigenvalue weighted by Gasteiger charge is -2.20. The molecule has 0 amide bonds. The van der Waals surface area contributed by atoms with Gasteiger partial charge < -0.3 is 19.9 Å². The van der Waals surface area contributed by atoms with Gasteiger partial charge in [-0.05, 0) is 49.4 Å². The molecule has 0 bridgehead atoms. The third-order valence-electron chi connectivity index (χ3n) is 3.22. The Morgan fingerprint density at radius 3 is 2.57 bits per heavy atom. The average Bonchev–Trinajstić information content (AvgIpc) is 2.55. The third kappa shape index (κ3) is 4.29. The number of esters is 1. The predicted octanol–water partition coefficient (Wildman–Crippen LogP) is 3.77. The maximum Gasteiger partial charge on any atom is 0.333 e. The van der Waals surface area contributed by atoms with E-state index in [-0.39, 0.29) is 12.4 Å². The van der Waals surface area contributed by atoms with Gasteiger partial charge in [-0.25, -0.2) is 4.79 Å². The zero-order valence-electron chi connectivity index (χ0n) is 12.9. The van der Waals surface area contributed by atoms with Gasteiger partial charge in [0.05, 0.1) is 13.7 Å². The molecule has 0 spiro atoms. The third-order valence-corrected chi connectivity index (χ3v) is 3.48. The highest BCUT2D eigenvalue weighted by atomic mass is 35.5.